The van der Waals surface area contributed by atoms with Crippen LogP contribution in [0, 0.1) is 11.6 Å². The molecule has 9 heteroatoms. The second-order valence-electron chi connectivity index (χ2n) is 3.27. The predicted octanol–water partition coefficient (Wildman–Crippen LogP) is -0.149. The monoisotopic (exact) mass is 264 g/mol. The number of phenolic OH excluding ortho intramolecular Hbond substituents is 1. The third kappa shape index (κ3) is 1.78. The van der Waals surface area contributed by atoms with Crippen LogP contribution in [0.2, 0.25) is 0 Å². The van der Waals surface area contributed by atoms with Crippen LogP contribution in [0.3, 0.4) is 0 Å². The first-order valence-electron chi connectivity index (χ1n) is 4.33. The number of phenols is 1. The maximum absolute atomic E-state index is 13.4. The van der Waals surface area contributed by atoms with Gasteiger partial charge in [0.1, 0.15) is 18.0 Å². The highest BCUT2D eigenvalue weighted by molar-refractivity contribution is 7.92. The summed E-state index contributed by atoms with van der Waals surface area (Å²) in [6, 6.07) is 1.44. The molecular weight excluding hydrogens is 258 g/mol. The molecule has 0 aromatic heterocycles. The molecule has 2 N–H and O–H groups in total. The van der Waals surface area contributed by atoms with Gasteiger partial charge in [-0.05, 0) is 12.1 Å². The summed E-state index contributed by atoms with van der Waals surface area (Å²) >= 11 is 0. The largest absolute Gasteiger partial charge is 0.506 e. The fourth-order valence-electron chi connectivity index (χ4n) is 1.41. The van der Waals surface area contributed by atoms with E-state index >= 15 is 0 Å². The summed E-state index contributed by atoms with van der Waals surface area (Å²) < 4.78 is 51.0. The molecule has 1 aliphatic rings. The van der Waals surface area contributed by atoms with Crippen molar-refractivity contribution < 1.29 is 27.1 Å². The molecule has 1 aliphatic heterocycles. The summed E-state index contributed by atoms with van der Waals surface area (Å²) in [5.41, 5.74) is -0.886. The van der Waals surface area contributed by atoms with Gasteiger partial charge >= 0.3 is 10.2 Å². The van der Waals surface area contributed by atoms with Crippen LogP contribution in [-0.2, 0) is 15.0 Å². The standard InChI is InChI=1S/C8H6F2N2O4S/c9-4-1-2-5(13)8(7(4)10)12-3-6(14)11-17(12,15)16/h1-2,13H,3H2,(H,11,14). The highest BCUT2D eigenvalue weighted by Gasteiger charge is 2.37. The summed E-state index contributed by atoms with van der Waals surface area (Å²) in [6.45, 7) is -0.712. The van der Waals surface area contributed by atoms with Gasteiger partial charge in [-0.1, -0.05) is 0 Å². The molecule has 0 saturated carbocycles. The van der Waals surface area contributed by atoms with Gasteiger partial charge in [0.2, 0.25) is 0 Å². The molecule has 0 spiro atoms. The predicted molar refractivity (Wildman–Crippen MR) is 52.4 cm³/mol. The molecule has 2 rings (SSSR count). The van der Waals surface area contributed by atoms with Gasteiger partial charge in [0, 0.05) is 0 Å². The molecule has 1 aromatic rings. The Labute approximate surface area is 94.6 Å². The molecule has 0 unspecified atom stereocenters. The number of carbonyl (C=O) groups excluding carboxylic acids is 1. The van der Waals surface area contributed by atoms with Crippen molar-refractivity contribution in [2.45, 2.75) is 0 Å². The minimum atomic E-state index is -4.28. The molecule has 1 heterocycles. The van der Waals surface area contributed by atoms with Crippen LogP contribution in [0.25, 0.3) is 0 Å². The van der Waals surface area contributed by atoms with Crippen LogP contribution in [0.1, 0.15) is 0 Å². The normalized spacial score (nSPS) is 18.2. The zero-order valence-corrected chi connectivity index (χ0v) is 8.96. The van der Waals surface area contributed by atoms with Crippen molar-refractivity contribution in [1.82, 2.24) is 4.72 Å². The Bertz CT molecular complexity index is 602. The molecule has 17 heavy (non-hydrogen) atoms. The maximum atomic E-state index is 13.4. The minimum Gasteiger partial charge on any atom is -0.506 e. The first kappa shape index (κ1) is 11.6. The average Bonchev–Trinajstić information content (AvgIpc) is 2.47. The third-order valence-electron chi connectivity index (χ3n) is 2.12. The van der Waals surface area contributed by atoms with Crippen molar-refractivity contribution in [3.05, 3.63) is 23.8 Å². The van der Waals surface area contributed by atoms with E-state index in [1.807, 2.05) is 0 Å². The fourth-order valence-corrected chi connectivity index (χ4v) is 2.58. The second-order valence-corrected chi connectivity index (χ2v) is 4.86. The molecule has 1 aromatic carbocycles. The number of anilines is 1. The van der Waals surface area contributed by atoms with E-state index in [0.29, 0.717) is 6.07 Å². The van der Waals surface area contributed by atoms with E-state index in [9.17, 15) is 27.1 Å². The zero-order valence-electron chi connectivity index (χ0n) is 8.15. The van der Waals surface area contributed by atoms with Crippen LogP contribution in [-0.4, -0.2) is 26.0 Å². The number of amides is 1. The second kappa shape index (κ2) is 3.55. The van der Waals surface area contributed by atoms with Crippen molar-refractivity contribution in [2.24, 2.45) is 0 Å². The van der Waals surface area contributed by atoms with Crippen LogP contribution < -0.4 is 9.03 Å². The van der Waals surface area contributed by atoms with Crippen molar-refractivity contribution >= 4 is 21.8 Å². The summed E-state index contributed by atoms with van der Waals surface area (Å²) in [4.78, 5) is 10.9. The van der Waals surface area contributed by atoms with E-state index in [1.54, 1.807) is 4.72 Å². The van der Waals surface area contributed by atoms with Crippen molar-refractivity contribution in [3.63, 3.8) is 0 Å². The summed E-state index contributed by atoms with van der Waals surface area (Å²) in [5.74, 6) is -4.53. The molecule has 6 nitrogen and oxygen atoms in total. The maximum Gasteiger partial charge on any atom is 0.326 e. The lowest BCUT2D eigenvalue weighted by Gasteiger charge is -2.16. The van der Waals surface area contributed by atoms with Gasteiger partial charge in [-0.25, -0.2) is 17.8 Å². The minimum absolute atomic E-state index is 0.267. The lowest BCUT2D eigenvalue weighted by atomic mass is 10.2. The zero-order chi connectivity index (χ0) is 12.8. The Kier molecular flexibility index (Phi) is 2.42. The Balaban J connectivity index is 2.63. The molecule has 1 fully saturated rings. The summed E-state index contributed by atoms with van der Waals surface area (Å²) in [5, 5.41) is 9.34. The van der Waals surface area contributed by atoms with Crippen molar-refractivity contribution in [3.8, 4) is 5.75 Å². The number of halogens is 2. The molecular formula is C8H6F2N2O4S. The Morgan fingerprint density at radius 1 is 1.35 bits per heavy atom. The molecule has 1 saturated heterocycles. The first-order valence-corrected chi connectivity index (χ1v) is 5.77. The number of nitrogens with one attached hydrogen (secondary N) is 1. The van der Waals surface area contributed by atoms with Crippen LogP contribution >= 0.6 is 0 Å². The fraction of sp³-hybridized carbons (Fsp3) is 0.125. The smallest absolute Gasteiger partial charge is 0.326 e. The molecule has 0 atom stereocenters. The number of benzene rings is 1. The van der Waals surface area contributed by atoms with E-state index in [0.717, 1.165) is 6.07 Å². The molecule has 0 radical (unpaired) electrons. The van der Waals surface area contributed by atoms with Gasteiger partial charge in [-0.2, -0.15) is 8.42 Å². The third-order valence-corrected chi connectivity index (χ3v) is 3.49. The van der Waals surface area contributed by atoms with E-state index in [2.05, 4.69) is 0 Å². The number of nitrogens with zero attached hydrogens (tertiary/aromatic N) is 1. The van der Waals surface area contributed by atoms with Crippen LogP contribution in [0.15, 0.2) is 12.1 Å². The lowest BCUT2D eigenvalue weighted by Crippen LogP contribution is -2.30. The Hall–Kier alpha value is -1.90. The van der Waals surface area contributed by atoms with Crippen LogP contribution in [0.4, 0.5) is 14.5 Å². The van der Waals surface area contributed by atoms with Gasteiger partial charge in [0.05, 0.1) is 0 Å². The number of hydrogen-bond acceptors (Lipinski definition) is 4. The highest BCUT2D eigenvalue weighted by atomic mass is 32.2. The van der Waals surface area contributed by atoms with E-state index in [-0.39, 0.29) is 4.31 Å². The van der Waals surface area contributed by atoms with Gasteiger partial charge in [0.25, 0.3) is 5.91 Å². The average molecular weight is 264 g/mol. The van der Waals surface area contributed by atoms with Gasteiger partial charge in [0.15, 0.2) is 11.6 Å². The molecule has 0 aliphatic carbocycles. The van der Waals surface area contributed by atoms with Crippen molar-refractivity contribution in [2.75, 3.05) is 10.8 Å². The quantitative estimate of drug-likeness (QED) is 0.738. The number of rotatable bonds is 1. The van der Waals surface area contributed by atoms with E-state index in [4.69, 9.17) is 0 Å². The van der Waals surface area contributed by atoms with Crippen LogP contribution in [0.5, 0.6) is 5.75 Å². The van der Waals surface area contributed by atoms with Crippen molar-refractivity contribution in [1.29, 1.82) is 0 Å². The molecule has 0 bridgehead atoms. The number of hydrogen-bond donors (Lipinski definition) is 2. The highest BCUT2D eigenvalue weighted by Crippen LogP contribution is 2.34. The molecule has 92 valence electrons. The van der Waals surface area contributed by atoms with E-state index < -0.39 is 45.7 Å². The topological polar surface area (TPSA) is 86.7 Å². The Morgan fingerprint density at radius 2 is 2.00 bits per heavy atom. The van der Waals surface area contributed by atoms with Gasteiger partial charge in [-0.15, -0.1) is 0 Å². The SMILES string of the molecule is O=C1CN(c2c(O)ccc(F)c2F)S(=O)(=O)N1. The first-order chi connectivity index (χ1) is 7.83. The Morgan fingerprint density at radius 3 is 2.53 bits per heavy atom. The summed E-state index contributed by atoms with van der Waals surface area (Å²) in [6.07, 6.45) is 0. The number of carbonyl (C=O) groups is 1. The number of aromatic hydroxyl groups is 1. The summed E-state index contributed by atoms with van der Waals surface area (Å²) in [7, 11) is -4.28. The van der Waals surface area contributed by atoms with Gasteiger partial charge in [-0.3, -0.25) is 4.79 Å². The van der Waals surface area contributed by atoms with E-state index in [1.165, 1.54) is 0 Å². The van der Waals surface area contributed by atoms with Gasteiger partial charge < -0.3 is 5.11 Å². The molecule has 1 amide bonds. The lowest BCUT2D eigenvalue weighted by molar-refractivity contribution is -0.117.